The van der Waals surface area contributed by atoms with Gasteiger partial charge >= 0.3 is 6.18 Å². The Morgan fingerprint density at radius 3 is 2.65 bits per heavy atom. The Morgan fingerprint density at radius 2 is 2.00 bits per heavy atom. The van der Waals surface area contributed by atoms with E-state index in [9.17, 15) is 26.4 Å². The molecule has 1 atom stereocenters. The van der Waals surface area contributed by atoms with Gasteiger partial charge in [0.1, 0.15) is 0 Å². The average Bonchev–Trinajstić information content (AvgIpc) is 2.56. The number of aryl methyl sites for hydroxylation is 2. The molecule has 1 N–H and O–H groups in total. The maximum Gasteiger partial charge on any atom is 0.393 e. The maximum atomic E-state index is 12.8. The molecule has 0 saturated carbocycles. The summed E-state index contributed by atoms with van der Waals surface area (Å²) < 4.78 is 65.5. The molecule has 1 fully saturated rings. The number of hydrogen-bond donors (Lipinski definition) is 1. The molecule has 0 spiro atoms. The van der Waals surface area contributed by atoms with Gasteiger partial charge in [0.15, 0.2) is 0 Å². The van der Waals surface area contributed by atoms with Gasteiger partial charge in [-0.1, -0.05) is 12.1 Å². The Kier molecular flexibility index (Phi) is 6.33. The second-order valence-corrected chi connectivity index (χ2v) is 8.37. The van der Waals surface area contributed by atoms with Crippen molar-refractivity contribution in [2.24, 2.45) is 5.92 Å². The molecule has 0 aromatic heterocycles. The number of nitrogens with zero attached hydrogens (tertiary/aromatic N) is 1. The van der Waals surface area contributed by atoms with E-state index in [1.165, 1.54) is 11.0 Å². The van der Waals surface area contributed by atoms with Crippen LogP contribution in [-0.4, -0.2) is 45.0 Å². The van der Waals surface area contributed by atoms with Gasteiger partial charge < -0.3 is 4.90 Å². The number of benzene rings is 1. The number of alkyl halides is 3. The molecule has 2 rings (SSSR count). The Hall–Kier alpha value is -1.61. The van der Waals surface area contributed by atoms with Crippen molar-refractivity contribution in [3.8, 4) is 0 Å². The number of carbonyl (C=O) groups excluding carboxylic acids is 1. The van der Waals surface area contributed by atoms with Gasteiger partial charge in [-0.05, 0) is 43.9 Å². The van der Waals surface area contributed by atoms with Crippen LogP contribution in [-0.2, 0) is 14.8 Å². The van der Waals surface area contributed by atoms with Gasteiger partial charge in [-0.2, -0.15) is 13.2 Å². The quantitative estimate of drug-likeness (QED) is 0.838. The number of nitrogens with one attached hydrogen (secondary N) is 1. The third kappa shape index (κ3) is 5.20. The average molecular weight is 392 g/mol. The van der Waals surface area contributed by atoms with Gasteiger partial charge in [0, 0.05) is 26.1 Å². The van der Waals surface area contributed by atoms with E-state index in [2.05, 4.69) is 4.72 Å². The van der Waals surface area contributed by atoms with Crippen molar-refractivity contribution >= 4 is 15.9 Å². The summed E-state index contributed by atoms with van der Waals surface area (Å²) >= 11 is 0. The first-order chi connectivity index (χ1) is 12.0. The van der Waals surface area contributed by atoms with Gasteiger partial charge in [0.25, 0.3) is 0 Å². The molecular formula is C17H23F3N2O3S. The van der Waals surface area contributed by atoms with Crippen LogP contribution in [0.3, 0.4) is 0 Å². The Morgan fingerprint density at radius 1 is 1.31 bits per heavy atom. The highest BCUT2D eigenvalue weighted by molar-refractivity contribution is 7.89. The van der Waals surface area contributed by atoms with E-state index >= 15 is 0 Å². The number of hydrogen-bond acceptors (Lipinski definition) is 3. The number of rotatable bonds is 5. The fraction of sp³-hybridized carbons (Fsp3) is 0.588. The predicted octanol–water partition coefficient (Wildman–Crippen LogP) is 2.77. The maximum absolute atomic E-state index is 12.8. The van der Waals surface area contributed by atoms with Crippen molar-refractivity contribution in [3.05, 3.63) is 29.3 Å². The molecule has 1 heterocycles. The zero-order valence-corrected chi connectivity index (χ0v) is 15.6. The summed E-state index contributed by atoms with van der Waals surface area (Å²) in [6, 6.07) is 5.03. The number of carbonyl (C=O) groups is 1. The minimum Gasteiger partial charge on any atom is -0.342 e. The van der Waals surface area contributed by atoms with Crippen LogP contribution >= 0.6 is 0 Å². The van der Waals surface area contributed by atoms with Crippen LogP contribution in [0.4, 0.5) is 13.2 Å². The molecule has 9 heteroatoms. The molecule has 0 bridgehead atoms. The van der Waals surface area contributed by atoms with Crippen molar-refractivity contribution in [2.75, 3.05) is 19.6 Å². The van der Waals surface area contributed by atoms with Crippen LogP contribution < -0.4 is 4.72 Å². The van der Waals surface area contributed by atoms with E-state index in [1.54, 1.807) is 26.0 Å². The first-order valence-electron chi connectivity index (χ1n) is 8.42. The van der Waals surface area contributed by atoms with Gasteiger partial charge in [-0.3, -0.25) is 4.79 Å². The second kappa shape index (κ2) is 7.96. The van der Waals surface area contributed by atoms with E-state index in [1.807, 2.05) is 0 Å². The summed E-state index contributed by atoms with van der Waals surface area (Å²) in [4.78, 5) is 13.5. The summed E-state index contributed by atoms with van der Waals surface area (Å²) in [5.74, 6) is -1.98. The molecule has 0 radical (unpaired) electrons. The fourth-order valence-electron chi connectivity index (χ4n) is 3.00. The largest absolute Gasteiger partial charge is 0.393 e. The fourth-order valence-corrected chi connectivity index (χ4v) is 4.36. The summed E-state index contributed by atoms with van der Waals surface area (Å²) in [5.41, 5.74) is 1.37. The van der Waals surface area contributed by atoms with Gasteiger partial charge in [-0.15, -0.1) is 0 Å². The molecular weight excluding hydrogens is 369 g/mol. The third-order valence-electron chi connectivity index (χ3n) is 4.50. The van der Waals surface area contributed by atoms with Gasteiger partial charge in [0.05, 0.1) is 10.8 Å². The van der Waals surface area contributed by atoms with Crippen molar-refractivity contribution in [3.63, 3.8) is 0 Å². The normalized spacial score (nSPS) is 18.8. The van der Waals surface area contributed by atoms with E-state index in [0.717, 1.165) is 5.56 Å². The van der Waals surface area contributed by atoms with Crippen LogP contribution in [0.5, 0.6) is 0 Å². The zero-order valence-electron chi connectivity index (χ0n) is 14.8. The first kappa shape index (κ1) is 20.7. The molecule has 26 heavy (non-hydrogen) atoms. The molecule has 146 valence electrons. The molecule has 1 aromatic rings. The third-order valence-corrected chi connectivity index (χ3v) is 6.10. The molecule has 5 nitrogen and oxygen atoms in total. The van der Waals surface area contributed by atoms with Crippen molar-refractivity contribution in [1.82, 2.24) is 9.62 Å². The molecule has 1 aliphatic heterocycles. The molecule has 1 aliphatic rings. The smallest absolute Gasteiger partial charge is 0.342 e. The highest BCUT2D eigenvalue weighted by Gasteiger charge is 2.42. The van der Waals surface area contributed by atoms with E-state index in [-0.39, 0.29) is 37.4 Å². The summed E-state index contributed by atoms with van der Waals surface area (Å²) in [6.45, 7) is 3.21. The number of piperidine rings is 1. The SMILES string of the molecule is Cc1ccc(C)c(S(=O)(=O)NCCC(=O)N2CCC[C@H](C(F)(F)F)C2)c1. The highest BCUT2D eigenvalue weighted by atomic mass is 32.2. The number of sulfonamides is 1. The Labute approximate surface area is 151 Å². The number of amides is 1. The lowest BCUT2D eigenvalue weighted by molar-refractivity contribution is -0.188. The molecule has 1 saturated heterocycles. The lowest BCUT2D eigenvalue weighted by Crippen LogP contribution is -2.45. The minimum atomic E-state index is -4.32. The van der Waals surface area contributed by atoms with Crippen LogP contribution in [0.25, 0.3) is 0 Å². The van der Waals surface area contributed by atoms with Gasteiger partial charge in [-0.25, -0.2) is 13.1 Å². The molecule has 1 aromatic carbocycles. The molecule has 1 amide bonds. The van der Waals surface area contributed by atoms with Gasteiger partial charge in [0.2, 0.25) is 15.9 Å². The van der Waals surface area contributed by atoms with E-state index in [0.29, 0.717) is 12.0 Å². The Balaban J connectivity index is 1.92. The molecule has 0 unspecified atom stereocenters. The predicted molar refractivity (Wildman–Crippen MR) is 91.1 cm³/mol. The van der Waals surface area contributed by atoms with E-state index in [4.69, 9.17) is 0 Å². The lowest BCUT2D eigenvalue weighted by Gasteiger charge is -2.33. The van der Waals surface area contributed by atoms with Crippen LogP contribution in [0, 0.1) is 19.8 Å². The van der Waals surface area contributed by atoms with Crippen molar-refractivity contribution in [1.29, 1.82) is 0 Å². The zero-order chi connectivity index (χ0) is 19.5. The van der Waals surface area contributed by atoms with Crippen LogP contribution in [0.2, 0.25) is 0 Å². The number of likely N-dealkylation sites (tertiary alicyclic amines) is 1. The van der Waals surface area contributed by atoms with Crippen LogP contribution in [0.1, 0.15) is 30.4 Å². The second-order valence-electron chi connectivity index (χ2n) is 6.64. The first-order valence-corrected chi connectivity index (χ1v) is 9.90. The topological polar surface area (TPSA) is 66.5 Å². The monoisotopic (exact) mass is 392 g/mol. The summed E-state index contributed by atoms with van der Waals surface area (Å²) in [5, 5.41) is 0. The van der Waals surface area contributed by atoms with Crippen molar-refractivity contribution in [2.45, 2.75) is 44.2 Å². The Bertz CT molecular complexity index is 763. The van der Waals surface area contributed by atoms with Crippen molar-refractivity contribution < 1.29 is 26.4 Å². The summed E-state index contributed by atoms with van der Waals surface area (Å²) in [7, 11) is -3.77. The molecule has 0 aliphatic carbocycles. The lowest BCUT2D eigenvalue weighted by atomic mass is 9.97. The highest BCUT2D eigenvalue weighted by Crippen LogP contribution is 2.33. The van der Waals surface area contributed by atoms with Crippen LogP contribution in [0.15, 0.2) is 23.1 Å². The standard InChI is InChI=1S/C17H23F3N2O3S/c1-12-5-6-13(2)15(10-12)26(24,25)21-8-7-16(23)22-9-3-4-14(11-22)17(18,19)20/h5-6,10,14,21H,3-4,7-9,11H2,1-2H3/t14-/m0/s1. The minimum absolute atomic E-state index is 0.0204. The number of halogens is 3. The van der Waals surface area contributed by atoms with E-state index < -0.39 is 28.0 Å². The summed E-state index contributed by atoms with van der Waals surface area (Å²) in [6.07, 6.45) is -4.17.